The molecule has 1 saturated carbocycles. The summed E-state index contributed by atoms with van der Waals surface area (Å²) in [4.78, 5) is 5.15. The van der Waals surface area contributed by atoms with Gasteiger partial charge in [0.15, 0.2) is 0 Å². The molecule has 1 aliphatic heterocycles. The van der Waals surface area contributed by atoms with E-state index in [0.29, 0.717) is 0 Å². The highest BCUT2D eigenvalue weighted by Crippen LogP contribution is 2.37. The van der Waals surface area contributed by atoms with Crippen LogP contribution in [0.5, 0.6) is 0 Å². The van der Waals surface area contributed by atoms with Gasteiger partial charge < -0.3 is 4.90 Å². The van der Waals surface area contributed by atoms with Crippen LogP contribution in [-0.4, -0.2) is 49.1 Å². The zero-order valence-electron chi connectivity index (χ0n) is 9.87. The molecule has 2 fully saturated rings. The van der Waals surface area contributed by atoms with Crippen LogP contribution < -0.4 is 0 Å². The normalized spacial score (nSPS) is 36.0. The molecule has 1 saturated heterocycles. The molecule has 0 aromatic rings. The van der Waals surface area contributed by atoms with Crippen molar-refractivity contribution >= 4 is 0 Å². The van der Waals surface area contributed by atoms with Gasteiger partial charge in [-0.05, 0) is 31.7 Å². The topological polar surface area (TPSA) is 6.48 Å². The van der Waals surface area contributed by atoms with Gasteiger partial charge in [-0.2, -0.15) is 0 Å². The molecule has 0 amide bonds. The largest absolute Gasteiger partial charge is 0.304 e. The van der Waals surface area contributed by atoms with Crippen molar-refractivity contribution < 1.29 is 0 Å². The molecule has 2 rings (SSSR count). The average Bonchev–Trinajstić information content (AvgIpc) is 2.05. The van der Waals surface area contributed by atoms with Gasteiger partial charge in [0, 0.05) is 32.2 Å². The number of hydrogen-bond donors (Lipinski definition) is 0. The molecule has 0 bridgehead atoms. The molecule has 82 valence electrons. The van der Waals surface area contributed by atoms with Crippen molar-refractivity contribution in [2.24, 2.45) is 11.8 Å². The lowest BCUT2D eigenvalue weighted by atomic mass is 9.73. The Morgan fingerprint density at radius 1 is 1.00 bits per heavy atom. The average molecular weight is 196 g/mol. The van der Waals surface area contributed by atoms with E-state index in [2.05, 4.69) is 30.7 Å². The molecule has 2 heteroatoms. The Balaban J connectivity index is 1.72. The van der Waals surface area contributed by atoms with Crippen molar-refractivity contribution in [3.63, 3.8) is 0 Å². The van der Waals surface area contributed by atoms with Crippen LogP contribution in [0, 0.1) is 11.8 Å². The van der Waals surface area contributed by atoms with Crippen molar-refractivity contribution in [1.82, 2.24) is 9.80 Å². The third-order valence-corrected chi connectivity index (χ3v) is 4.15. The SMILES string of the molecule is CC(C)[C@H]1C[C@@H](N2CCN(C)CC2)C1. The Labute approximate surface area is 88.3 Å². The highest BCUT2D eigenvalue weighted by atomic mass is 15.3. The molecule has 2 aliphatic rings. The molecule has 0 N–H and O–H groups in total. The molecule has 0 aromatic carbocycles. The van der Waals surface area contributed by atoms with Crippen molar-refractivity contribution in [3.05, 3.63) is 0 Å². The maximum absolute atomic E-state index is 2.71. The fourth-order valence-corrected chi connectivity index (χ4v) is 2.66. The highest BCUT2D eigenvalue weighted by Gasteiger charge is 2.35. The van der Waals surface area contributed by atoms with Gasteiger partial charge >= 0.3 is 0 Å². The van der Waals surface area contributed by atoms with Crippen molar-refractivity contribution in [2.75, 3.05) is 33.2 Å². The molecule has 0 unspecified atom stereocenters. The fourth-order valence-electron chi connectivity index (χ4n) is 2.66. The van der Waals surface area contributed by atoms with E-state index in [9.17, 15) is 0 Å². The summed E-state index contributed by atoms with van der Waals surface area (Å²) >= 11 is 0. The molecular weight excluding hydrogens is 172 g/mol. The quantitative estimate of drug-likeness (QED) is 0.663. The molecule has 0 radical (unpaired) electrons. The summed E-state index contributed by atoms with van der Waals surface area (Å²) in [6.45, 7) is 9.86. The number of nitrogens with zero attached hydrogens (tertiary/aromatic N) is 2. The summed E-state index contributed by atoms with van der Waals surface area (Å²) in [5, 5.41) is 0. The van der Waals surface area contributed by atoms with E-state index < -0.39 is 0 Å². The first-order valence-corrected chi connectivity index (χ1v) is 6.09. The second kappa shape index (κ2) is 4.19. The van der Waals surface area contributed by atoms with E-state index in [4.69, 9.17) is 0 Å². The zero-order chi connectivity index (χ0) is 10.1. The predicted molar refractivity (Wildman–Crippen MR) is 60.4 cm³/mol. The lowest BCUT2D eigenvalue weighted by molar-refractivity contribution is 0.0251. The Hall–Kier alpha value is -0.0800. The van der Waals surface area contributed by atoms with Crippen LogP contribution >= 0.6 is 0 Å². The van der Waals surface area contributed by atoms with Crippen LogP contribution in [0.1, 0.15) is 26.7 Å². The third-order valence-electron chi connectivity index (χ3n) is 4.15. The number of rotatable bonds is 2. The summed E-state index contributed by atoms with van der Waals surface area (Å²) in [5.74, 6) is 1.92. The number of hydrogen-bond acceptors (Lipinski definition) is 2. The summed E-state index contributed by atoms with van der Waals surface area (Å²) in [7, 11) is 2.23. The van der Waals surface area contributed by atoms with Crippen LogP contribution in [-0.2, 0) is 0 Å². The van der Waals surface area contributed by atoms with E-state index in [0.717, 1.165) is 17.9 Å². The Morgan fingerprint density at radius 3 is 2.07 bits per heavy atom. The van der Waals surface area contributed by atoms with Gasteiger partial charge in [0.2, 0.25) is 0 Å². The van der Waals surface area contributed by atoms with Gasteiger partial charge in [0.1, 0.15) is 0 Å². The summed E-state index contributed by atoms with van der Waals surface area (Å²) in [6.07, 6.45) is 2.92. The zero-order valence-corrected chi connectivity index (χ0v) is 9.87. The van der Waals surface area contributed by atoms with Gasteiger partial charge in [-0.15, -0.1) is 0 Å². The van der Waals surface area contributed by atoms with Crippen molar-refractivity contribution in [2.45, 2.75) is 32.7 Å². The smallest absolute Gasteiger partial charge is 0.0113 e. The third kappa shape index (κ3) is 2.12. The van der Waals surface area contributed by atoms with Crippen LogP contribution in [0.3, 0.4) is 0 Å². The second-order valence-electron chi connectivity index (χ2n) is 5.47. The second-order valence-corrected chi connectivity index (χ2v) is 5.47. The Bertz CT molecular complexity index is 177. The molecule has 0 atom stereocenters. The minimum atomic E-state index is 0.902. The fraction of sp³-hybridized carbons (Fsp3) is 1.00. The van der Waals surface area contributed by atoms with Crippen LogP contribution in [0.2, 0.25) is 0 Å². The molecule has 0 spiro atoms. The van der Waals surface area contributed by atoms with Crippen LogP contribution in [0.15, 0.2) is 0 Å². The minimum Gasteiger partial charge on any atom is -0.304 e. The first kappa shape index (κ1) is 10.4. The molecule has 2 nitrogen and oxygen atoms in total. The van der Waals surface area contributed by atoms with E-state index in [1.165, 1.54) is 39.0 Å². The first-order valence-electron chi connectivity index (χ1n) is 6.09. The van der Waals surface area contributed by atoms with Gasteiger partial charge in [0.25, 0.3) is 0 Å². The molecule has 14 heavy (non-hydrogen) atoms. The van der Waals surface area contributed by atoms with E-state index in [1.54, 1.807) is 0 Å². The maximum Gasteiger partial charge on any atom is 0.0113 e. The van der Waals surface area contributed by atoms with E-state index in [-0.39, 0.29) is 0 Å². The Kier molecular flexibility index (Phi) is 3.13. The van der Waals surface area contributed by atoms with Gasteiger partial charge in [-0.1, -0.05) is 13.8 Å². The molecule has 1 heterocycles. The van der Waals surface area contributed by atoms with Crippen molar-refractivity contribution in [1.29, 1.82) is 0 Å². The summed E-state index contributed by atoms with van der Waals surface area (Å²) < 4.78 is 0. The summed E-state index contributed by atoms with van der Waals surface area (Å²) in [5.41, 5.74) is 0. The summed E-state index contributed by atoms with van der Waals surface area (Å²) in [6, 6.07) is 0.927. The maximum atomic E-state index is 2.71. The first-order chi connectivity index (χ1) is 6.66. The highest BCUT2D eigenvalue weighted by molar-refractivity contribution is 4.90. The lowest BCUT2D eigenvalue weighted by Gasteiger charge is -2.47. The van der Waals surface area contributed by atoms with Gasteiger partial charge in [0.05, 0.1) is 0 Å². The van der Waals surface area contributed by atoms with E-state index in [1.807, 2.05) is 0 Å². The number of piperazine rings is 1. The number of likely N-dealkylation sites (N-methyl/N-ethyl adjacent to an activating group) is 1. The van der Waals surface area contributed by atoms with Crippen LogP contribution in [0.4, 0.5) is 0 Å². The van der Waals surface area contributed by atoms with Crippen molar-refractivity contribution in [3.8, 4) is 0 Å². The molecule has 0 aromatic heterocycles. The predicted octanol–water partition coefficient (Wildman–Crippen LogP) is 1.67. The van der Waals surface area contributed by atoms with Gasteiger partial charge in [-0.3, -0.25) is 4.90 Å². The molecule has 1 aliphatic carbocycles. The Morgan fingerprint density at radius 2 is 1.57 bits per heavy atom. The monoisotopic (exact) mass is 196 g/mol. The van der Waals surface area contributed by atoms with Gasteiger partial charge in [-0.25, -0.2) is 0 Å². The standard InChI is InChI=1S/C12H24N2/c1-10(2)11-8-12(9-11)14-6-4-13(3)5-7-14/h10-12H,4-9H2,1-3H3/t11-,12+. The minimum absolute atomic E-state index is 0.902. The molecular formula is C12H24N2. The van der Waals surface area contributed by atoms with Crippen LogP contribution in [0.25, 0.3) is 0 Å². The van der Waals surface area contributed by atoms with E-state index >= 15 is 0 Å². The lowest BCUT2D eigenvalue weighted by Crippen LogP contribution is -2.53.